The van der Waals surface area contributed by atoms with Crippen LogP contribution in [-0.4, -0.2) is 62.6 Å². The van der Waals surface area contributed by atoms with Gasteiger partial charge >= 0.3 is 0 Å². The van der Waals surface area contributed by atoms with Gasteiger partial charge in [-0.2, -0.15) is 0 Å². The van der Waals surface area contributed by atoms with E-state index in [1.54, 1.807) is 31.3 Å². The van der Waals surface area contributed by atoms with Crippen LogP contribution in [0.1, 0.15) is 46.9 Å². The first kappa shape index (κ1) is 19.9. The average Bonchev–Trinajstić information content (AvgIpc) is 2.91. The van der Waals surface area contributed by atoms with Crippen LogP contribution in [0.2, 0.25) is 0 Å². The number of amides is 2. The van der Waals surface area contributed by atoms with Gasteiger partial charge in [0.2, 0.25) is 0 Å². The van der Waals surface area contributed by atoms with Gasteiger partial charge in [-0.25, -0.2) is 0 Å². The number of fused-ring (bicyclic) bond motifs is 1. The summed E-state index contributed by atoms with van der Waals surface area (Å²) in [4.78, 5) is 30.0. The predicted octanol–water partition coefficient (Wildman–Crippen LogP) is 1.65. The van der Waals surface area contributed by atoms with Crippen molar-refractivity contribution in [1.29, 1.82) is 0 Å². The number of carbonyl (C=O) groups excluding carboxylic acids is 2. The Labute approximate surface area is 154 Å². The maximum Gasteiger partial charge on any atom is 0.261 e. The molecule has 0 aromatic heterocycles. The van der Waals surface area contributed by atoms with E-state index in [0.717, 1.165) is 39.0 Å². The molecule has 0 saturated heterocycles. The van der Waals surface area contributed by atoms with Gasteiger partial charge in [0, 0.05) is 39.9 Å². The standard InChI is InChI=1S/C19H28N4O3/c1-3-4-13-26-14-7-10-21-19(20-2)22-11-12-23-17(24)15-8-5-6-9-16(15)18(23)25/h5-6,8-9H,3-4,7,10-14H2,1-2H3,(H2,20,21,22). The zero-order chi connectivity index (χ0) is 18.8. The largest absolute Gasteiger partial charge is 0.381 e. The number of guanidine groups is 1. The number of carbonyl (C=O) groups is 2. The summed E-state index contributed by atoms with van der Waals surface area (Å²) < 4.78 is 5.51. The normalized spacial score (nSPS) is 13.9. The molecule has 7 heteroatoms. The molecule has 0 spiro atoms. The second kappa shape index (κ2) is 10.6. The highest BCUT2D eigenvalue weighted by molar-refractivity contribution is 6.21. The van der Waals surface area contributed by atoms with Gasteiger partial charge in [-0.05, 0) is 25.0 Å². The van der Waals surface area contributed by atoms with Gasteiger partial charge in [0.1, 0.15) is 0 Å². The van der Waals surface area contributed by atoms with Crippen molar-refractivity contribution in [3.05, 3.63) is 35.4 Å². The average molecular weight is 360 g/mol. The molecule has 0 saturated carbocycles. The Morgan fingerprint density at radius 1 is 1.04 bits per heavy atom. The highest BCUT2D eigenvalue weighted by atomic mass is 16.5. The Morgan fingerprint density at radius 2 is 1.65 bits per heavy atom. The van der Waals surface area contributed by atoms with Gasteiger partial charge in [-0.1, -0.05) is 25.5 Å². The van der Waals surface area contributed by atoms with E-state index in [-0.39, 0.29) is 11.8 Å². The summed E-state index contributed by atoms with van der Waals surface area (Å²) in [5.41, 5.74) is 0.950. The molecule has 0 aliphatic carbocycles. The van der Waals surface area contributed by atoms with Gasteiger partial charge in [-0.15, -0.1) is 0 Å². The summed E-state index contributed by atoms with van der Waals surface area (Å²) >= 11 is 0. The Morgan fingerprint density at radius 3 is 2.27 bits per heavy atom. The van der Waals surface area contributed by atoms with Gasteiger partial charge in [0.05, 0.1) is 11.1 Å². The molecule has 0 radical (unpaired) electrons. The summed E-state index contributed by atoms with van der Waals surface area (Å²) in [5, 5.41) is 6.32. The van der Waals surface area contributed by atoms with Crippen LogP contribution in [0.3, 0.4) is 0 Å². The third-order valence-electron chi connectivity index (χ3n) is 4.13. The lowest BCUT2D eigenvalue weighted by Crippen LogP contribution is -2.43. The Kier molecular flexibility index (Phi) is 8.08. The molecule has 7 nitrogen and oxygen atoms in total. The van der Waals surface area contributed by atoms with Crippen LogP contribution in [0.25, 0.3) is 0 Å². The van der Waals surface area contributed by atoms with Gasteiger partial charge in [-0.3, -0.25) is 19.5 Å². The number of hydrogen-bond acceptors (Lipinski definition) is 4. The van der Waals surface area contributed by atoms with E-state index < -0.39 is 0 Å². The molecule has 26 heavy (non-hydrogen) atoms. The van der Waals surface area contributed by atoms with E-state index >= 15 is 0 Å². The molecule has 0 unspecified atom stereocenters. The summed E-state index contributed by atoms with van der Waals surface area (Å²) in [6.45, 7) is 5.16. The smallest absolute Gasteiger partial charge is 0.261 e. The molecule has 2 amide bonds. The van der Waals surface area contributed by atoms with E-state index in [0.29, 0.717) is 30.2 Å². The number of benzene rings is 1. The molecule has 1 aliphatic rings. The summed E-state index contributed by atoms with van der Waals surface area (Å²) in [7, 11) is 1.69. The molecule has 1 aromatic carbocycles. The first-order valence-corrected chi connectivity index (χ1v) is 9.16. The van der Waals surface area contributed by atoms with E-state index in [4.69, 9.17) is 4.74 Å². The number of imide groups is 1. The number of aliphatic imine (C=N–C) groups is 1. The molecule has 142 valence electrons. The summed E-state index contributed by atoms with van der Waals surface area (Å²) in [6, 6.07) is 6.91. The molecule has 1 aromatic rings. The first-order valence-electron chi connectivity index (χ1n) is 9.16. The number of rotatable bonds is 10. The van der Waals surface area contributed by atoms with Crippen LogP contribution in [0.15, 0.2) is 29.3 Å². The second-order valence-corrected chi connectivity index (χ2v) is 6.05. The zero-order valence-corrected chi connectivity index (χ0v) is 15.6. The lowest BCUT2D eigenvalue weighted by Gasteiger charge is -2.16. The van der Waals surface area contributed by atoms with E-state index in [1.807, 2.05) is 0 Å². The second-order valence-electron chi connectivity index (χ2n) is 6.05. The minimum atomic E-state index is -0.237. The fourth-order valence-corrected chi connectivity index (χ4v) is 2.68. The van der Waals surface area contributed by atoms with Crippen LogP contribution >= 0.6 is 0 Å². The molecule has 1 heterocycles. The summed E-state index contributed by atoms with van der Waals surface area (Å²) in [6.07, 6.45) is 3.12. The van der Waals surface area contributed by atoms with Gasteiger partial charge < -0.3 is 15.4 Å². The summed E-state index contributed by atoms with van der Waals surface area (Å²) in [5.74, 6) is 0.175. The lowest BCUT2D eigenvalue weighted by molar-refractivity contribution is 0.0657. The fourth-order valence-electron chi connectivity index (χ4n) is 2.68. The number of hydrogen-bond donors (Lipinski definition) is 2. The molecule has 2 rings (SSSR count). The number of nitrogens with zero attached hydrogens (tertiary/aromatic N) is 2. The predicted molar refractivity (Wildman–Crippen MR) is 102 cm³/mol. The number of unbranched alkanes of at least 4 members (excludes halogenated alkanes) is 1. The van der Waals surface area contributed by atoms with Crippen LogP contribution in [-0.2, 0) is 4.74 Å². The topological polar surface area (TPSA) is 83.0 Å². The Balaban J connectivity index is 1.67. The fraction of sp³-hybridized carbons (Fsp3) is 0.526. The lowest BCUT2D eigenvalue weighted by atomic mass is 10.1. The van der Waals surface area contributed by atoms with Crippen molar-refractivity contribution >= 4 is 17.8 Å². The molecule has 0 bridgehead atoms. The van der Waals surface area contributed by atoms with Crippen molar-refractivity contribution in [3.63, 3.8) is 0 Å². The third-order valence-corrected chi connectivity index (χ3v) is 4.13. The Bertz CT molecular complexity index is 610. The minimum Gasteiger partial charge on any atom is -0.381 e. The van der Waals surface area contributed by atoms with Crippen LogP contribution in [0, 0.1) is 0 Å². The SMILES string of the molecule is CCCCOCCCNC(=NC)NCCN1C(=O)c2ccccc2C1=O. The van der Waals surface area contributed by atoms with Crippen molar-refractivity contribution in [1.82, 2.24) is 15.5 Å². The minimum absolute atomic E-state index is 0.237. The van der Waals surface area contributed by atoms with Crippen molar-refractivity contribution in [2.45, 2.75) is 26.2 Å². The first-order chi connectivity index (χ1) is 12.7. The van der Waals surface area contributed by atoms with Crippen molar-refractivity contribution in [2.24, 2.45) is 4.99 Å². The quantitative estimate of drug-likeness (QED) is 0.287. The van der Waals surface area contributed by atoms with Crippen LogP contribution in [0.5, 0.6) is 0 Å². The molecule has 0 fully saturated rings. The highest BCUT2D eigenvalue weighted by Crippen LogP contribution is 2.21. The van der Waals surface area contributed by atoms with Crippen molar-refractivity contribution in [2.75, 3.05) is 39.9 Å². The van der Waals surface area contributed by atoms with Gasteiger partial charge in [0.25, 0.3) is 11.8 Å². The highest BCUT2D eigenvalue weighted by Gasteiger charge is 2.34. The number of ether oxygens (including phenoxy) is 1. The van der Waals surface area contributed by atoms with Crippen LogP contribution in [0.4, 0.5) is 0 Å². The van der Waals surface area contributed by atoms with E-state index in [9.17, 15) is 9.59 Å². The molecule has 0 atom stereocenters. The zero-order valence-electron chi connectivity index (χ0n) is 15.6. The maximum atomic E-state index is 12.3. The van der Waals surface area contributed by atoms with Gasteiger partial charge in [0.15, 0.2) is 5.96 Å². The Hall–Kier alpha value is -2.41. The molecule has 1 aliphatic heterocycles. The monoisotopic (exact) mass is 360 g/mol. The van der Waals surface area contributed by atoms with Crippen molar-refractivity contribution in [3.8, 4) is 0 Å². The number of nitrogens with one attached hydrogen (secondary N) is 2. The maximum absolute atomic E-state index is 12.3. The molecule has 2 N–H and O–H groups in total. The van der Waals surface area contributed by atoms with E-state index in [2.05, 4.69) is 22.5 Å². The third kappa shape index (κ3) is 5.29. The molecular weight excluding hydrogens is 332 g/mol. The van der Waals surface area contributed by atoms with E-state index in [1.165, 1.54) is 4.90 Å². The van der Waals surface area contributed by atoms with Crippen molar-refractivity contribution < 1.29 is 14.3 Å². The van der Waals surface area contributed by atoms with Crippen LogP contribution < -0.4 is 10.6 Å². The molecular formula is C19H28N4O3.